The summed E-state index contributed by atoms with van der Waals surface area (Å²) in [4.78, 5) is 0. The van der Waals surface area contributed by atoms with E-state index >= 15 is 0 Å². The second-order valence-electron chi connectivity index (χ2n) is 6.03. The molecule has 1 aromatic rings. The van der Waals surface area contributed by atoms with Crippen LogP contribution in [0.1, 0.15) is 18.3 Å². The maximum atomic E-state index is 9.44. The highest BCUT2D eigenvalue weighted by Gasteiger charge is 2.14. The van der Waals surface area contributed by atoms with Crippen LogP contribution in [-0.4, -0.2) is 31.4 Å². The van der Waals surface area contributed by atoms with Crippen LogP contribution >= 0.6 is 0 Å². The Balaban J connectivity index is 2.68. The van der Waals surface area contributed by atoms with E-state index in [-0.39, 0.29) is 6.61 Å². The van der Waals surface area contributed by atoms with Gasteiger partial charge in [0.1, 0.15) is 6.73 Å². The van der Waals surface area contributed by atoms with Crippen LogP contribution in [0, 0.1) is 0 Å². The molecule has 110 valence electrons. The Kier molecular flexibility index (Phi) is 6.10. The molecule has 1 aromatic heterocycles. The summed E-state index contributed by atoms with van der Waals surface area (Å²) in [6.45, 7) is 10.6. The van der Waals surface area contributed by atoms with Crippen molar-refractivity contribution >= 4 is 13.8 Å². The summed E-state index contributed by atoms with van der Waals surface area (Å²) >= 11 is 0. The van der Waals surface area contributed by atoms with Crippen molar-refractivity contribution in [2.24, 2.45) is 0 Å². The van der Waals surface area contributed by atoms with E-state index in [9.17, 15) is 5.11 Å². The molecule has 0 radical (unpaired) electrons. The number of rotatable bonds is 8. The van der Waals surface area contributed by atoms with Gasteiger partial charge in [0.15, 0.2) is 0 Å². The number of aromatic nitrogens is 1. The maximum Gasteiger partial charge on any atom is 0.123 e. The van der Waals surface area contributed by atoms with E-state index in [0.29, 0.717) is 6.73 Å². The Hall–Kier alpha value is -0.783. The lowest BCUT2D eigenvalue weighted by Gasteiger charge is -2.17. The molecule has 0 unspecified atom stereocenters. The lowest BCUT2D eigenvalue weighted by atomic mass is 10.3. The molecule has 0 bridgehead atoms. The van der Waals surface area contributed by atoms with E-state index < -0.39 is 8.07 Å². The predicted octanol–water partition coefficient (Wildman–Crippen LogP) is 2.90. The first-order valence-electron chi connectivity index (χ1n) is 7.00. The monoisotopic (exact) mass is 284 g/mol. The topological polar surface area (TPSA) is 46.4 Å². The van der Waals surface area contributed by atoms with Crippen LogP contribution in [-0.2, 0) is 24.5 Å². The minimum atomic E-state index is -1.04. The van der Waals surface area contributed by atoms with Gasteiger partial charge in [0.25, 0.3) is 0 Å². The largest absolute Gasteiger partial charge is 0.390 e. The molecule has 0 spiro atoms. The minimum Gasteiger partial charge on any atom is -0.390 e. The first-order chi connectivity index (χ1) is 8.92. The van der Waals surface area contributed by atoms with Gasteiger partial charge in [0.2, 0.25) is 0 Å². The van der Waals surface area contributed by atoms with E-state index in [1.807, 2.05) is 13.1 Å². The summed E-state index contributed by atoms with van der Waals surface area (Å²) in [6.07, 6.45) is 0.924. The zero-order chi connectivity index (χ0) is 14.5. The minimum absolute atomic E-state index is 0.0477. The molecule has 0 saturated heterocycles. The highest BCUT2D eigenvalue weighted by atomic mass is 28.3. The summed E-state index contributed by atoms with van der Waals surface area (Å²) in [6, 6.07) is 3.17. The standard InChI is InChI=1S/C14H28N2O2Si/c1-6-14-13(15-2)9-12(10-17)16(14)11-18-7-8-19(3,4)5/h9,15,17H,6-8,10-11H2,1-5H3. The predicted molar refractivity (Wildman–Crippen MR) is 83.4 cm³/mol. The molecule has 4 nitrogen and oxygen atoms in total. The summed E-state index contributed by atoms with van der Waals surface area (Å²) in [5.74, 6) is 0. The second kappa shape index (κ2) is 7.12. The third-order valence-corrected chi connectivity index (χ3v) is 4.98. The number of nitrogens with one attached hydrogen (secondary N) is 1. The van der Waals surface area contributed by atoms with E-state index in [1.165, 1.54) is 11.7 Å². The van der Waals surface area contributed by atoms with E-state index in [4.69, 9.17) is 4.74 Å². The average molecular weight is 284 g/mol. The molecule has 1 rings (SSSR count). The Labute approximate surface area is 117 Å². The lowest BCUT2D eigenvalue weighted by molar-refractivity contribution is 0.0807. The van der Waals surface area contributed by atoms with Gasteiger partial charge < -0.3 is 19.7 Å². The zero-order valence-electron chi connectivity index (χ0n) is 12.9. The third-order valence-electron chi connectivity index (χ3n) is 3.28. The lowest BCUT2D eigenvalue weighted by Crippen LogP contribution is -2.22. The van der Waals surface area contributed by atoms with Gasteiger partial charge in [-0.3, -0.25) is 0 Å². The number of nitrogens with zero attached hydrogens (tertiary/aromatic N) is 1. The molecule has 2 N–H and O–H groups in total. The van der Waals surface area contributed by atoms with Crippen molar-refractivity contribution < 1.29 is 9.84 Å². The first kappa shape index (κ1) is 16.3. The number of hydrogen-bond donors (Lipinski definition) is 2. The molecule has 0 aliphatic carbocycles. The van der Waals surface area contributed by atoms with Gasteiger partial charge in [0.05, 0.1) is 12.3 Å². The van der Waals surface area contributed by atoms with Crippen LogP contribution in [0.15, 0.2) is 6.07 Å². The van der Waals surface area contributed by atoms with E-state index in [1.54, 1.807) is 0 Å². The molecule has 0 aliphatic rings. The van der Waals surface area contributed by atoms with Gasteiger partial charge in [-0.2, -0.15) is 0 Å². The number of aliphatic hydroxyl groups excluding tert-OH is 1. The molecule has 0 fully saturated rings. The molecule has 5 heteroatoms. The molecule has 0 atom stereocenters. The van der Waals surface area contributed by atoms with Crippen LogP contribution in [0.25, 0.3) is 0 Å². The van der Waals surface area contributed by atoms with Crippen molar-refractivity contribution in [2.75, 3.05) is 19.0 Å². The highest BCUT2D eigenvalue weighted by Crippen LogP contribution is 2.22. The smallest absolute Gasteiger partial charge is 0.123 e. The Morgan fingerprint density at radius 2 is 2.05 bits per heavy atom. The number of anilines is 1. The van der Waals surface area contributed by atoms with Gasteiger partial charge in [-0.25, -0.2) is 0 Å². The van der Waals surface area contributed by atoms with Crippen molar-refractivity contribution in [3.05, 3.63) is 17.5 Å². The third kappa shape index (κ3) is 4.67. The van der Waals surface area contributed by atoms with Crippen molar-refractivity contribution in [1.82, 2.24) is 4.57 Å². The summed E-state index contributed by atoms with van der Waals surface area (Å²) < 4.78 is 7.88. The van der Waals surface area contributed by atoms with E-state index in [2.05, 4.69) is 36.4 Å². The summed E-state index contributed by atoms with van der Waals surface area (Å²) in [5.41, 5.74) is 3.19. The summed E-state index contributed by atoms with van der Waals surface area (Å²) in [5, 5.41) is 12.6. The van der Waals surface area contributed by atoms with Crippen LogP contribution in [0.4, 0.5) is 5.69 Å². The van der Waals surface area contributed by atoms with Crippen LogP contribution in [0.5, 0.6) is 0 Å². The molecule has 0 aromatic carbocycles. The highest BCUT2D eigenvalue weighted by molar-refractivity contribution is 6.76. The quantitative estimate of drug-likeness (QED) is 0.570. The van der Waals surface area contributed by atoms with Crippen molar-refractivity contribution in [3.8, 4) is 0 Å². The van der Waals surface area contributed by atoms with Crippen molar-refractivity contribution in [2.45, 2.75) is 52.4 Å². The number of hydrogen-bond acceptors (Lipinski definition) is 3. The normalized spacial score (nSPS) is 11.9. The van der Waals surface area contributed by atoms with Crippen molar-refractivity contribution in [1.29, 1.82) is 0 Å². The summed E-state index contributed by atoms with van der Waals surface area (Å²) in [7, 11) is 0.872. The fourth-order valence-electron chi connectivity index (χ4n) is 2.07. The van der Waals surface area contributed by atoms with Gasteiger partial charge in [-0.15, -0.1) is 0 Å². The molecular weight excluding hydrogens is 256 g/mol. The van der Waals surface area contributed by atoms with Crippen molar-refractivity contribution in [3.63, 3.8) is 0 Å². The molecule has 0 saturated carbocycles. The van der Waals surface area contributed by atoms with Gasteiger partial charge in [-0.1, -0.05) is 26.6 Å². The average Bonchev–Trinajstić information content (AvgIpc) is 2.70. The molecule has 0 aliphatic heterocycles. The van der Waals surface area contributed by atoms with Crippen LogP contribution in [0.2, 0.25) is 25.7 Å². The van der Waals surface area contributed by atoms with E-state index in [0.717, 1.165) is 24.4 Å². The fourth-order valence-corrected chi connectivity index (χ4v) is 2.83. The molecule has 1 heterocycles. The zero-order valence-corrected chi connectivity index (χ0v) is 13.9. The second-order valence-corrected chi connectivity index (χ2v) is 11.7. The van der Waals surface area contributed by atoms with Gasteiger partial charge in [-0.05, 0) is 18.5 Å². The van der Waals surface area contributed by atoms with Gasteiger partial charge in [0, 0.05) is 33.1 Å². The molecular formula is C14H28N2O2Si. The molecule has 0 amide bonds. The Morgan fingerprint density at radius 1 is 1.37 bits per heavy atom. The fraction of sp³-hybridized carbons (Fsp3) is 0.714. The first-order valence-corrected chi connectivity index (χ1v) is 10.7. The number of ether oxygens (including phenoxy) is 1. The Morgan fingerprint density at radius 3 is 2.53 bits per heavy atom. The van der Waals surface area contributed by atoms with Crippen LogP contribution in [0.3, 0.4) is 0 Å². The molecule has 19 heavy (non-hydrogen) atoms. The number of aliphatic hydroxyl groups is 1. The van der Waals surface area contributed by atoms with Crippen LogP contribution < -0.4 is 5.32 Å². The maximum absolute atomic E-state index is 9.44. The van der Waals surface area contributed by atoms with Gasteiger partial charge >= 0.3 is 0 Å². The Bertz CT molecular complexity index is 397. The SMILES string of the molecule is CCc1c(NC)cc(CO)n1COCC[Si](C)(C)C.